The average Bonchev–Trinajstić information content (AvgIpc) is 3.37. The minimum absolute atomic E-state index is 0.00802. The van der Waals surface area contributed by atoms with Crippen LogP contribution in [0.2, 0.25) is 0 Å². The fourth-order valence-corrected chi connectivity index (χ4v) is 3.70. The molecular formula is C24H27N5O3. The number of amides is 1. The van der Waals surface area contributed by atoms with Crippen molar-refractivity contribution in [3.63, 3.8) is 0 Å². The molecule has 3 heterocycles. The summed E-state index contributed by atoms with van der Waals surface area (Å²) in [5, 5.41) is 0. The standard InChI is InChI=1S/C24H27N5O3/c1-18-25-22(27-10-4-5-11-27)17-23(26-18)28-12-14-29(15-13-28)24(30)9-7-19-6-8-20(31-2)21(16-19)32-3/h4-11,16-17H,12-15H2,1-3H3/b9-7+. The Kier molecular flexibility index (Phi) is 6.39. The van der Waals surface area contributed by atoms with Crippen LogP contribution in [0.4, 0.5) is 5.82 Å². The van der Waals surface area contributed by atoms with E-state index in [1.165, 1.54) is 0 Å². The predicted molar refractivity (Wildman–Crippen MR) is 123 cm³/mol. The highest BCUT2D eigenvalue weighted by Gasteiger charge is 2.21. The number of hydrogen-bond donors (Lipinski definition) is 0. The van der Waals surface area contributed by atoms with Crippen LogP contribution in [0.5, 0.6) is 11.5 Å². The van der Waals surface area contributed by atoms with Gasteiger partial charge in [-0.3, -0.25) is 4.79 Å². The summed E-state index contributed by atoms with van der Waals surface area (Å²) in [6.45, 7) is 4.61. The van der Waals surface area contributed by atoms with E-state index in [9.17, 15) is 4.79 Å². The van der Waals surface area contributed by atoms with Gasteiger partial charge in [-0.25, -0.2) is 9.97 Å². The van der Waals surface area contributed by atoms with Gasteiger partial charge in [0.05, 0.1) is 14.2 Å². The molecule has 0 radical (unpaired) electrons. The van der Waals surface area contributed by atoms with Gasteiger partial charge in [0.2, 0.25) is 5.91 Å². The summed E-state index contributed by atoms with van der Waals surface area (Å²) in [7, 11) is 3.19. The highest BCUT2D eigenvalue weighted by Crippen LogP contribution is 2.28. The zero-order chi connectivity index (χ0) is 22.5. The first-order chi connectivity index (χ1) is 15.6. The van der Waals surface area contributed by atoms with Gasteiger partial charge >= 0.3 is 0 Å². The molecule has 1 fully saturated rings. The average molecular weight is 434 g/mol. The van der Waals surface area contributed by atoms with Gasteiger partial charge in [-0.15, -0.1) is 0 Å². The molecule has 0 aliphatic carbocycles. The van der Waals surface area contributed by atoms with Crippen LogP contribution in [0.25, 0.3) is 11.9 Å². The fraction of sp³-hybridized carbons (Fsp3) is 0.292. The number of carbonyl (C=O) groups excluding carboxylic acids is 1. The van der Waals surface area contributed by atoms with Crippen LogP contribution in [-0.4, -0.2) is 65.7 Å². The Bertz CT molecular complexity index is 1100. The molecule has 3 aromatic rings. The van der Waals surface area contributed by atoms with E-state index < -0.39 is 0 Å². The summed E-state index contributed by atoms with van der Waals surface area (Å²) in [5.41, 5.74) is 0.878. The summed E-state index contributed by atoms with van der Waals surface area (Å²) >= 11 is 0. The van der Waals surface area contributed by atoms with Gasteiger partial charge in [0.15, 0.2) is 11.5 Å². The molecule has 0 atom stereocenters. The Morgan fingerprint density at radius 2 is 1.62 bits per heavy atom. The van der Waals surface area contributed by atoms with E-state index in [1.807, 2.05) is 65.2 Å². The van der Waals surface area contributed by atoms with Crippen molar-refractivity contribution in [1.29, 1.82) is 0 Å². The zero-order valence-corrected chi connectivity index (χ0v) is 18.6. The van der Waals surface area contributed by atoms with Gasteiger partial charge in [0.25, 0.3) is 0 Å². The Balaban J connectivity index is 1.39. The van der Waals surface area contributed by atoms with Gasteiger partial charge in [-0.2, -0.15) is 0 Å². The Morgan fingerprint density at radius 3 is 2.31 bits per heavy atom. The SMILES string of the molecule is COc1ccc(/C=C/C(=O)N2CCN(c3cc(-n4cccc4)nc(C)n3)CC2)cc1OC. The molecule has 1 aliphatic rings. The topological polar surface area (TPSA) is 72.7 Å². The molecule has 0 spiro atoms. The predicted octanol–water partition coefficient (Wildman–Crippen LogP) is 2.95. The minimum Gasteiger partial charge on any atom is -0.493 e. The normalized spacial score (nSPS) is 14.1. The van der Waals surface area contributed by atoms with E-state index in [0.29, 0.717) is 24.6 Å². The van der Waals surface area contributed by atoms with E-state index in [4.69, 9.17) is 9.47 Å². The largest absolute Gasteiger partial charge is 0.493 e. The quantitative estimate of drug-likeness (QED) is 0.557. The van der Waals surface area contributed by atoms with Crippen LogP contribution in [0.15, 0.2) is 54.9 Å². The van der Waals surface area contributed by atoms with Crippen LogP contribution < -0.4 is 14.4 Å². The summed E-state index contributed by atoms with van der Waals surface area (Å²) in [6.07, 6.45) is 7.34. The van der Waals surface area contributed by atoms with Crippen molar-refractivity contribution in [3.05, 3.63) is 66.3 Å². The maximum atomic E-state index is 12.7. The highest BCUT2D eigenvalue weighted by atomic mass is 16.5. The number of hydrogen-bond acceptors (Lipinski definition) is 6. The van der Waals surface area contributed by atoms with E-state index in [1.54, 1.807) is 26.4 Å². The number of aromatic nitrogens is 3. The van der Waals surface area contributed by atoms with Crippen molar-refractivity contribution >= 4 is 17.8 Å². The first-order valence-corrected chi connectivity index (χ1v) is 10.5. The number of nitrogens with zero attached hydrogens (tertiary/aromatic N) is 5. The lowest BCUT2D eigenvalue weighted by molar-refractivity contribution is -0.126. The molecule has 0 unspecified atom stereocenters. The molecule has 0 bridgehead atoms. The monoisotopic (exact) mass is 433 g/mol. The highest BCUT2D eigenvalue weighted by molar-refractivity contribution is 5.92. The fourth-order valence-electron chi connectivity index (χ4n) is 3.70. The first-order valence-electron chi connectivity index (χ1n) is 10.5. The summed E-state index contributed by atoms with van der Waals surface area (Å²) < 4.78 is 12.5. The molecule has 8 heteroatoms. The van der Waals surface area contributed by atoms with Crippen LogP contribution in [0.1, 0.15) is 11.4 Å². The second-order valence-corrected chi connectivity index (χ2v) is 7.48. The third-order valence-corrected chi connectivity index (χ3v) is 5.42. The lowest BCUT2D eigenvalue weighted by atomic mass is 10.2. The number of anilines is 1. The summed E-state index contributed by atoms with van der Waals surface area (Å²) in [4.78, 5) is 25.9. The van der Waals surface area contributed by atoms with E-state index >= 15 is 0 Å². The molecule has 8 nitrogen and oxygen atoms in total. The molecule has 2 aromatic heterocycles. The molecule has 1 aliphatic heterocycles. The molecule has 1 amide bonds. The van der Waals surface area contributed by atoms with Crippen LogP contribution in [-0.2, 0) is 4.79 Å². The van der Waals surface area contributed by atoms with Gasteiger partial charge in [0.1, 0.15) is 17.5 Å². The Hall–Kier alpha value is -3.81. The van der Waals surface area contributed by atoms with Gasteiger partial charge in [-0.1, -0.05) is 6.07 Å². The Morgan fingerprint density at radius 1 is 0.938 bits per heavy atom. The third-order valence-electron chi connectivity index (χ3n) is 5.42. The molecule has 32 heavy (non-hydrogen) atoms. The molecule has 1 saturated heterocycles. The summed E-state index contributed by atoms with van der Waals surface area (Å²) in [5.74, 6) is 3.74. The number of rotatable bonds is 6. The van der Waals surface area contributed by atoms with Gasteiger partial charge in [-0.05, 0) is 42.8 Å². The Labute approximate surface area is 187 Å². The molecule has 0 saturated carbocycles. The van der Waals surface area contributed by atoms with Crippen molar-refractivity contribution < 1.29 is 14.3 Å². The maximum absolute atomic E-state index is 12.7. The number of aryl methyl sites for hydroxylation is 1. The summed E-state index contributed by atoms with van der Waals surface area (Å²) in [6, 6.07) is 11.5. The van der Waals surface area contributed by atoms with Crippen molar-refractivity contribution in [3.8, 4) is 17.3 Å². The number of methoxy groups -OCH3 is 2. The van der Waals surface area contributed by atoms with E-state index in [0.717, 1.165) is 36.1 Å². The number of piperazine rings is 1. The second kappa shape index (κ2) is 9.55. The first kappa shape index (κ1) is 21.4. The van der Waals surface area contributed by atoms with Crippen LogP contribution >= 0.6 is 0 Å². The second-order valence-electron chi connectivity index (χ2n) is 7.48. The molecular weight excluding hydrogens is 406 g/mol. The van der Waals surface area contributed by atoms with Gasteiger partial charge < -0.3 is 23.8 Å². The third kappa shape index (κ3) is 4.74. The lowest BCUT2D eigenvalue weighted by Crippen LogP contribution is -2.48. The maximum Gasteiger partial charge on any atom is 0.246 e. The molecule has 4 rings (SSSR count). The minimum atomic E-state index is -0.00802. The van der Waals surface area contributed by atoms with Crippen LogP contribution in [0, 0.1) is 6.92 Å². The van der Waals surface area contributed by atoms with E-state index in [-0.39, 0.29) is 5.91 Å². The zero-order valence-electron chi connectivity index (χ0n) is 18.6. The molecule has 0 N–H and O–H groups in total. The lowest BCUT2D eigenvalue weighted by Gasteiger charge is -2.35. The van der Waals surface area contributed by atoms with Crippen molar-refractivity contribution in [2.24, 2.45) is 0 Å². The number of carbonyl (C=O) groups is 1. The van der Waals surface area contributed by atoms with E-state index in [2.05, 4.69) is 14.9 Å². The molecule has 1 aromatic carbocycles. The van der Waals surface area contributed by atoms with Crippen molar-refractivity contribution in [1.82, 2.24) is 19.4 Å². The number of benzene rings is 1. The van der Waals surface area contributed by atoms with Crippen molar-refractivity contribution in [2.45, 2.75) is 6.92 Å². The number of ether oxygens (including phenoxy) is 2. The van der Waals surface area contributed by atoms with Gasteiger partial charge in [0, 0.05) is 50.7 Å². The molecule has 166 valence electrons. The van der Waals surface area contributed by atoms with Crippen molar-refractivity contribution in [2.75, 3.05) is 45.3 Å². The van der Waals surface area contributed by atoms with Crippen LogP contribution in [0.3, 0.4) is 0 Å². The smallest absolute Gasteiger partial charge is 0.246 e.